The number of benzene rings is 1. The average Bonchev–Trinajstić information content (AvgIpc) is 2.51. The number of fused-ring (bicyclic) bond motifs is 1. The van der Waals surface area contributed by atoms with Gasteiger partial charge >= 0.3 is 5.97 Å². The number of aromatic nitrogens is 1. The molecule has 2 aromatic rings. The summed E-state index contributed by atoms with van der Waals surface area (Å²) in [4.78, 5) is 17.5. The van der Waals surface area contributed by atoms with Crippen LogP contribution >= 0.6 is 0 Å². The summed E-state index contributed by atoms with van der Waals surface area (Å²) >= 11 is 0. The molecule has 0 spiro atoms. The lowest BCUT2D eigenvalue weighted by Gasteiger charge is -2.25. The van der Waals surface area contributed by atoms with Gasteiger partial charge in [0.1, 0.15) is 11.6 Å². The van der Waals surface area contributed by atoms with Gasteiger partial charge in [-0.25, -0.2) is 4.98 Å². The molecule has 1 heterocycles. The first-order valence-corrected chi connectivity index (χ1v) is 6.97. The molecule has 0 amide bonds. The van der Waals surface area contributed by atoms with E-state index in [0.717, 1.165) is 22.3 Å². The van der Waals surface area contributed by atoms with Gasteiger partial charge in [-0.2, -0.15) is 0 Å². The van der Waals surface area contributed by atoms with E-state index in [0.29, 0.717) is 13.1 Å². The number of rotatable bonds is 6. The second kappa shape index (κ2) is 6.43. The van der Waals surface area contributed by atoms with Gasteiger partial charge in [0.25, 0.3) is 0 Å². The average molecular weight is 288 g/mol. The fourth-order valence-corrected chi connectivity index (χ4v) is 2.29. The van der Waals surface area contributed by atoms with Gasteiger partial charge in [0.15, 0.2) is 0 Å². The van der Waals surface area contributed by atoms with E-state index in [9.17, 15) is 4.79 Å². The molecule has 0 aliphatic heterocycles. The van der Waals surface area contributed by atoms with Crippen LogP contribution in [0.5, 0.6) is 5.75 Å². The lowest BCUT2D eigenvalue weighted by atomic mass is 10.1. The maximum absolute atomic E-state index is 11.1. The van der Waals surface area contributed by atoms with Gasteiger partial charge in [0, 0.05) is 24.7 Å². The summed E-state index contributed by atoms with van der Waals surface area (Å²) in [6.07, 6.45) is 1.75. The number of methoxy groups -OCH3 is 1. The van der Waals surface area contributed by atoms with E-state index in [-0.39, 0.29) is 0 Å². The quantitative estimate of drug-likeness (QED) is 0.885. The first-order valence-electron chi connectivity index (χ1n) is 6.97. The number of carboxylic acid groups (broad SMARTS) is 1. The minimum atomic E-state index is -0.800. The fraction of sp³-hybridized carbons (Fsp3) is 0.375. The second-order valence-corrected chi connectivity index (χ2v) is 5.00. The molecule has 0 aliphatic carbocycles. The van der Waals surface area contributed by atoms with Crippen LogP contribution < -0.4 is 9.64 Å². The van der Waals surface area contributed by atoms with Crippen LogP contribution in [0.4, 0.5) is 5.82 Å². The molecule has 112 valence electrons. The second-order valence-electron chi connectivity index (χ2n) is 5.00. The molecule has 0 saturated carbocycles. The standard InChI is InChI=1S/C16H20N2O3/c1-4-18(10-11(2)16(19)20)15-14-9-13(21-3)6-5-12(14)7-8-17-15/h5-9,11H,4,10H2,1-3H3,(H,19,20). The number of carboxylic acids is 1. The number of hydrogen-bond donors (Lipinski definition) is 1. The van der Waals surface area contributed by atoms with Crippen molar-refractivity contribution in [1.82, 2.24) is 4.98 Å². The zero-order valence-corrected chi connectivity index (χ0v) is 12.5. The van der Waals surface area contributed by atoms with E-state index >= 15 is 0 Å². The number of nitrogens with zero attached hydrogens (tertiary/aromatic N) is 2. The van der Waals surface area contributed by atoms with Crippen LogP contribution in [0.3, 0.4) is 0 Å². The summed E-state index contributed by atoms with van der Waals surface area (Å²) in [5, 5.41) is 11.1. The Hall–Kier alpha value is -2.30. The van der Waals surface area contributed by atoms with Crippen molar-refractivity contribution in [2.75, 3.05) is 25.1 Å². The third-order valence-electron chi connectivity index (χ3n) is 3.55. The summed E-state index contributed by atoms with van der Waals surface area (Å²) in [6, 6.07) is 7.76. The largest absolute Gasteiger partial charge is 0.497 e. The Morgan fingerprint density at radius 1 is 1.43 bits per heavy atom. The Balaban J connectivity index is 2.45. The highest BCUT2D eigenvalue weighted by Gasteiger charge is 2.18. The summed E-state index contributed by atoms with van der Waals surface area (Å²) in [6.45, 7) is 4.82. The van der Waals surface area contributed by atoms with Crippen molar-refractivity contribution in [2.45, 2.75) is 13.8 Å². The van der Waals surface area contributed by atoms with Crippen LogP contribution in [0.2, 0.25) is 0 Å². The van der Waals surface area contributed by atoms with E-state index in [2.05, 4.69) is 4.98 Å². The van der Waals surface area contributed by atoms with Crippen molar-refractivity contribution in [3.05, 3.63) is 30.5 Å². The van der Waals surface area contributed by atoms with Crippen molar-refractivity contribution in [3.63, 3.8) is 0 Å². The first kappa shape index (κ1) is 15.1. The minimum absolute atomic E-state index is 0.426. The van der Waals surface area contributed by atoms with E-state index in [1.165, 1.54) is 0 Å². The molecule has 1 N–H and O–H groups in total. The highest BCUT2D eigenvalue weighted by molar-refractivity contribution is 5.93. The monoisotopic (exact) mass is 288 g/mol. The molecule has 0 fully saturated rings. The predicted molar refractivity (Wildman–Crippen MR) is 83.0 cm³/mol. The Labute approximate surface area is 124 Å². The minimum Gasteiger partial charge on any atom is -0.497 e. The highest BCUT2D eigenvalue weighted by atomic mass is 16.5. The first-order chi connectivity index (χ1) is 10.1. The number of carbonyl (C=O) groups is 1. The van der Waals surface area contributed by atoms with Crippen molar-refractivity contribution < 1.29 is 14.6 Å². The fourth-order valence-electron chi connectivity index (χ4n) is 2.29. The molecular weight excluding hydrogens is 268 g/mol. The molecule has 1 aromatic heterocycles. The SMILES string of the molecule is CCN(CC(C)C(=O)O)c1nccc2ccc(OC)cc12. The van der Waals surface area contributed by atoms with Crippen molar-refractivity contribution in [3.8, 4) is 5.75 Å². The Kier molecular flexibility index (Phi) is 4.62. The number of aliphatic carboxylic acids is 1. The van der Waals surface area contributed by atoms with Crippen LogP contribution in [-0.4, -0.2) is 36.3 Å². The molecule has 0 bridgehead atoms. The molecule has 1 aromatic carbocycles. The van der Waals surface area contributed by atoms with Crippen LogP contribution in [0.25, 0.3) is 10.8 Å². The summed E-state index contributed by atoms with van der Waals surface area (Å²) in [5.41, 5.74) is 0. The Morgan fingerprint density at radius 2 is 2.19 bits per heavy atom. The Bertz CT molecular complexity index is 642. The maximum atomic E-state index is 11.1. The van der Waals surface area contributed by atoms with Gasteiger partial charge in [0.05, 0.1) is 13.0 Å². The van der Waals surface area contributed by atoms with Gasteiger partial charge in [-0.15, -0.1) is 0 Å². The summed E-state index contributed by atoms with van der Waals surface area (Å²) < 4.78 is 5.27. The topological polar surface area (TPSA) is 62.7 Å². The zero-order chi connectivity index (χ0) is 15.4. The molecule has 21 heavy (non-hydrogen) atoms. The molecule has 1 unspecified atom stereocenters. The smallest absolute Gasteiger partial charge is 0.308 e. The molecule has 0 aliphatic rings. The van der Waals surface area contributed by atoms with E-state index < -0.39 is 11.9 Å². The van der Waals surface area contributed by atoms with E-state index in [4.69, 9.17) is 9.84 Å². The van der Waals surface area contributed by atoms with Crippen LogP contribution in [0, 0.1) is 5.92 Å². The van der Waals surface area contributed by atoms with Gasteiger partial charge in [-0.1, -0.05) is 13.0 Å². The van der Waals surface area contributed by atoms with Crippen LogP contribution in [0.1, 0.15) is 13.8 Å². The number of ether oxygens (including phenoxy) is 1. The number of hydrogen-bond acceptors (Lipinski definition) is 4. The van der Waals surface area contributed by atoms with Crippen molar-refractivity contribution in [1.29, 1.82) is 0 Å². The third kappa shape index (κ3) is 3.24. The molecule has 1 atom stereocenters. The van der Waals surface area contributed by atoms with E-state index in [1.807, 2.05) is 36.1 Å². The molecule has 0 saturated heterocycles. The normalized spacial score (nSPS) is 12.1. The van der Waals surface area contributed by atoms with E-state index in [1.54, 1.807) is 20.2 Å². The highest BCUT2D eigenvalue weighted by Crippen LogP contribution is 2.28. The number of anilines is 1. The molecule has 5 nitrogen and oxygen atoms in total. The lowest BCUT2D eigenvalue weighted by molar-refractivity contribution is -0.140. The molecule has 5 heteroatoms. The van der Waals surface area contributed by atoms with Gasteiger partial charge in [0.2, 0.25) is 0 Å². The van der Waals surface area contributed by atoms with Crippen LogP contribution in [0.15, 0.2) is 30.5 Å². The third-order valence-corrected chi connectivity index (χ3v) is 3.55. The Morgan fingerprint density at radius 3 is 2.81 bits per heavy atom. The van der Waals surface area contributed by atoms with Crippen molar-refractivity contribution >= 4 is 22.6 Å². The lowest BCUT2D eigenvalue weighted by Crippen LogP contribution is -2.32. The molecule has 2 rings (SSSR count). The predicted octanol–water partition coefficient (Wildman–Crippen LogP) is 2.79. The van der Waals surface area contributed by atoms with Crippen molar-refractivity contribution in [2.24, 2.45) is 5.92 Å². The van der Waals surface area contributed by atoms with Gasteiger partial charge in [-0.05, 0) is 30.5 Å². The van der Waals surface area contributed by atoms with Crippen LogP contribution in [-0.2, 0) is 4.79 Å². The number of pyridine rings is 1. The summed E-state index contributed by atoms with van der Waals surface area (Å²) in [7, 11) is 1.63. The maximum Gasteiger partial charge on any atom is 0.308 e. The van der Waals surface area contributed by atoms with Gasteiger partial charge in [-0.3, -0.25) is 4.79 Å². The summed E-state index contributed by atoms with van der Waals surface area (Å²) in [5.74, 6) is 0.306. The molecule has 0 radical (unpaired) electrons. The van der Waals surface area contributed by atoms with Gasteiger partial charge < -0.3 is 14.7 Å². The zero-order valence-electron chi connectivity index (χ0n) is 12.5. The molecular formula is C16H20N2O3.